The van der Waals surface area contributed by atoms with E-state index in [0.29, 0.717) is 28.4 Å². The highest BCUT2D eigenvalue weighted by molar-refractivity contribution is 7.99. The van der Waals surface area contributed by atoms with Crippen LogP contribution in [0.1, 0.15) is 34.1 Å². The van der Waals surface area contributed by atoms with E-state index in [4.69, 9.17) is 11.6 Å². The Bertz CT molecular complexity index is 1100. The monoisotopic (exact) mass is 422 g/mol. The van der Waals surface area contributed by atoms with Crippen LogP contribution in [0.15, 0.2) is 76.5 Å². The van der Waals surface area contributed by atoms with Crippen LogP contribution in [-0.4, -0.2) is 18.4 Å². The van der Waals surface area contributed by atoms with Gasteiger partial charge >= 0.3 is 0 Å². The summed E-state index contributed by atoms with van der Waals surface area (Å²) in [4.78, 5) is 29.3. The van der Waals surface area contributed by atoms with E-state index in [1.54, 1.807) is 36.0 Å². The van der Waals surface area contributed by atoms with E-state index in [-0.39, 0.29) is 11.8 Å². The fraction of sp³-hybridized carbons (Fsp3) is 0.130. The van der Waals surface area contributed by atoms with Gasteiger partial charge in [-0.05, 0) is 55.0 Å². The predicted molar refractivity (Wildman–Crippen MR) is 118 cm³/mol. The molecule has 146 valence electrons. The fourth-order valence-electron chi connectivity index (χ4n) is 3.28. The standard InChI is InChI=1S/C23H19ClN2O2S/c1-2-12-26-19-11-10-17(25-22(27)15-6-5-7-16(24)13-15)14-21(19)29-20-9-4-3-8-18(20)23(26)28/h3-11,13-14H,2,12H2,1H3,(H,25,27). The lowest BCUT2D eigenvalue weighted by atomic mass is 10.1. The van der Waals surface area contributed by atoms with Gasteiger partial charge in [-0.25, -0.2) is 0 Å². The van der Waals surface area contributed by atoms with Crippen molar-refractivity contribution in [1.82, 2.24) is 0 Å². The number of carbonyl (C=O) groups excluding carboxylic acids is 2. The summed E-state index contributed by atoms with van der Waals surface area (Å²) >= 11 is 7.53. The zero-order valence-electron chi connectivity index (χ0n) is 15.8. The molecule has 0 spiro atoms. The highest BCUT2D eigenvalue weighted by atomic mass is 35.5. The Morgan fingerprint density at radius 1 is 1.03 bits per heavy atom. The first-order valence-electron chi connectivity index (χ1n) is 9.36. The Kier molecular flexibility index (Phi) is 5.60. The number of halogens is 1. The third kappa shape index (κ3) is 4.02. The first-order chi connectivity index (χ1) is 14.1. The molecule has 6 heteroatoms. The smallest absolute Gasteiger partial charge is 0.259 e. The summed E-state index contributed by atoms with van der Waals surface area (Å²) < 4.78 is 0. The minimum Gasteiger partial charge on any atom is -0.322 e. The molecule has 1 heterocycles. The summed E-state index contributed by atoms with van der Waals surface area (Å²) in [7, 11) is 0. The van der Waals surface area contributed by atoms with Gasteiger partial charge in [0.1, 0.15) is 0 Å². The van der Waals surface area contributed by atoms with E-state index >= 15 is 0 Å². The molecule has 1 N–H and O–H groups in total. The summed E-state index contributed by atoms with van der Waals surface area (Å²) in [5.74, 6) is -0.225. The van der Waals surface area contributed by atoms with Crippen LogP contribution >= 0.6 is 23.4 Å². The molecule has 0 saturated heterocycles. The van der Waals surface area contributed by atoms with E-state index in [9.17, 15) is 9.59 Å². The summed E-state index contributed by atoms with van der Waals surface area (Å²) in [6.45, 7) is 2.69. The number of benzene rings is 3. The fourth-order valence-corrected chi connectivity index (χ4v) is 4.59. The number of carbonyl (C=O) groups is 2. The minimum absolute atomic E-state index is 0.00409. The molecule has 3 aromatic carbocycles. The third-order valence-corrected chi connectivity index (χ3v) is 5.98. The number of rotatable bonds is 4. The van der Waals surface area contributed by atoms with Crippen molar-refractivity contribution in [3.05, 3.63) is 82.9 Å². The van der Waals surface area contributed by atoms with Crippen molar-refractivity contribution in [1.29, 1.82) is 0 Å². The molecular weight excluding hydrogens is 404 g/mol. The third-order valence-electron chi connectivity index (χ3n) is 4.63. The molecule has 4 nitrogen and oxygen atoms in total. The number of anilines is 2. The van der Waals surface area contributed by atoms with Crippen molar-refractivity contribution in [2.24, 2.45) is 0 Å². The molecule has 29 heavy (non-hydrogen) atoms. The molecular formula is C23H19ClN2O2S. The van der Waals surface area contributed by atoms with Gasteiger partial charge in [0.2, 0.25) is 0 Å². The lowest BCUT2D eigenvalue weighted by Gasteiger charge is -2.22. The van der Waals surface area contributed by atoms with E-state index in [0.717, 1.165) is 21.9 Å². The van der Waals surface area contributed by atoms with Gasteiger partial charge in [0.25, 0.3) is 11.8 Å². The van der Waals surface area contributed by atoms with Crippen LogP contribution in [0.2, 0.25) is 5.02 Å². The largest absolute Gasteiger partial charge is 0.322 e. The molecule has 0 saturated carbocycles. The van der Waals surface area contributed by atoms with Gasteiger partial charge < -0.3 is 10.2 Å². The SMILES string of the molecule is CCCN1C(=O)c2ccccc2Sc2cc(NC(=O)c3cccc(Cl)c3)ccc21. The van der Waals surface area contributed by atoms with Gasteiger partial charge in [0, 0.05) is 32.6 Å². The van der Waals surface area contributed by atoms with Gasteiger partial charge in [-0.2, -0.15) is 0 Å². The normalized spacial score (nSPS) is 12.8. The van der Waals surface area contributed by atoms with Crippen LogP contribution in [0.25, 0.3) is 0 Å². The molecule has 2 amide bonds. The van der Waals surface area contributed by atoms with Crippen molar-refractivity contribution < 1.29 is 9.59 Å². The van der Waals surface area contributed by atoms with Crippen LogP contribution in [0, 0.1) is 0 Å². The predicted octanol–water partition coefficient (Wildman–Crippen LogP) is 6.11. The Balaban J connectivity index is 1.70. The average molecular weight is 423 g/mol. The Hall–Kier alpha value is -2.76. The summed E-state index contributed by atoms with van der Waals surface area (Å²) in [5, 5.41) is 3.44. The number of nitrogens with zero attached hydrogens (tertiary/aromatic N) is 1. The first kappa shape index (κ1) is 19.6. The molecule has 3 aromatic rings. The second-order valence-electron chi connectivity index (χ2n) is 6.70. The van der Waals surface area contributed by atoms with E-state index in [1.807, 2.05) is 47.4 Å². The average Bonchev–Trinajstić information content (AvgIpc) is 2.83. The molecule has 1 aliphatic heterocycles. The maximum Gasteiger partial charge on any atom is 0.259 e. The van der Waals surface area contributed by atoms with Crippen molar-refractivity contribution in [3.63, 3.8) is 0 Å². The molecule has 1 aliphatic rings. The molecule has 0 bridgehead atoms. The summed E-state index contributed by atoms with van der Waals surface area (Å²) in [6.07, 6.45) is 0.852. The molecule has 0 fully saturated rings. The van der Waals surface area contributed by atoms with Crippen LogP contribution in [0.5, 0.6) is 0 Å². The molecule has 4 rings (SSSR count). The molecule has 0 aliphatic carbocycles. The van der Waals surface area contributed by atoms with Crippen LogP contribution in [0.3, 0.4) is 0 Å². The molecule has 0 atom stereocenters. The Morgan fingerprint density at radius 3 is 2.66 bits per heavy atom. The van der Waals surface area contributed by atoms with Crippen molar-refractivity contribution >= 4 is 46.6 Å². The number of nitrogens with one attached hydrogen (secondary N) is 1. The lowest BCUT2D eigenvalue weighted by molar-refractivity contribution is 0.0982. The topological polar surface area (TPSA) is 49.4 Å². The van der Waals surface area contributed by atoms with E-state index < -0.39 is 0 Å². The van der Waals surface area contributed by atoms with Crippen molar-refractivity contribution in [2.45, 2.75) is 23.1 Å². The zero-order chi connectivity index (χ0) is 20.4. The minimum atomic E-state index is -0.229. The zero-order valence-corrected chi connectivity index (χ0v) is 17.4. The quantitative estimate of drug-likeness (QED) is 0.551. The molecule has 0 unspecified atom stereocenters. The summed E-state index contributed by atoms with van der Waals surface area (Å²) in [6, 6.07) is 20.1. The van der Waals surface area contributed by atoms with Gasteiger partial charge in [0.05, 0.1) is 11.3 Å². The number of fused-ring (bicyclic) bond motifs is 2. The second-order valence-corrected chi connectivity index (χ2v) is 8.22. The second kappa shape index (κ2) is 8.31. The number of hydrogen-bond acceptors (Lipinski definition) is 3. The van der Waals surface area contributed by atoms with Gasteiger partial charge in [-0.1, -0.05) is 48.5 Å². The van der Waals surface area contributed by atoms with Crippen LogP contribution in [0.4, 0.5) is 11.4 Å². The van der Waals surface area contributed by atoms with E-state index in [1.165, 1.54) is 0 Å². The lowest BCUT2D eigenvalue weighted by Crippen LogP contribution is -2.31. The molecule has 0 radical (unpaired) electrons. The van der Waals surface area contributed by atoms with Gasteiger partial charge in [0.15, 0.2) is 0 Å². The summed E-state index contributed by atoms with van der Waals surface area (Å²) in [5.41, 5.74) is 2.73. The maximum absolute atomic E-state index is 13.1. The highest BCUT2D eigenvalue weighted by Crippen LogP contribution is 2.42. The van der Waals surface area contributed by atoms with Gasteiger partial charge in [-0.15, -0.1) is 0 Å². The first-order valence-corrected chi connectivity index (χ1v) is 10.6. The maximum atomic E-state index is 13.1. The number of amides is 2. The van der Waals surface area contributed by atoms with Gasteiger partial charge in [-0.3, -0.25) is 9.59 Å². The van der Waals surface area contributed by atoms with Crippen LogP contribution in [-0.2, 0) is 0 Å². The van der Waals surface area contributed by atoms with E-state index in [2.05, 4.69) is 12.2 Å². The number of hydrogen-bond donors (Lipinski definition) is 1. The molecule has 0 aromatic heterocycles. The van der Waals surface area contributed by atoms with Crippen molar-refractivity contribution in [3.8, 4) is 0 Å². The van der Waals surface area contributed by atoms with Crippen LogP contribution < -0.4 is 10.2 Å². The Morgan fingerprint density at radius 2 is 1.86 bits per heavy atom. The highest BCUT2D eigenvalue weighted by Gasteiger charge is 2.26. The Labute approximate surface area is 178 Å². The van der Waals surface area contributed by atoms with Crippen molar-refractivity contribution in [2.75, 3.05) is 16.8 Å².